The fourth-order valence-electron chi connectivity index (χ4n) is 2.51. The maximum Gasteiger partial charge on any atom is 0.119 e. The van der Waals surface area contributed by atoms with Gasteiger partial charge in [-0.3, -0.25) is 0 Å². The lowest BCUT2D eigenvalue weighted by atomic mass is 10.0. The fraction of sp³-hybridized carbons (Fsp3) is 0.471. The summed E-state index contributed by atoms with van der Waals surface area (Å²) in [6.07, 6.45) is 5.85. The first kappa shape index (κ1) is 15.6. The Morgan fingerprint density at radius 3 is 2.57 bits per heavy atom. The number of hydrogen-bond acceptors (Lipinski definition) is 3. The molecule has 21 heavy (non-hydrogen) atoms. The Kier molecular flexibility index (Phi) is 5.81. The van der Waals surface area contributed by atoms with Crippen molar-refractivity contribution in [2.75, 3.05) is 13.2 Å². The normalized spacial score (nSPS) is 12.3. The zero-order valence-corrected chi connectivity index (χ0v) is 13.2. The molecule has 0 aliphatic carbocycles. The summed E-state index contributed by atoms with van der Waals surface area (Å²) >= 11 is 0. The van der Waals surface area contributed by atoms with Crippen LogP contribution in [0.3, 0.4) is 0 Å². The first-order chi connectivity index (χ1) is 10.2. The van der Waals surface area contributed by atoms with Gasteiger partial charge in [-0.1, -0.05) is 19.1 Å². The predicted molar refractivity (Wildman–Crippen MR) is 85.6 cm³/mol. The Labute approximate surface area is 127 Å². The monoisotopic (exact) mass is 287 g/mol. The topological polar surface area (TPSA) is 39.1 Å². The number of rotatable bonds is 8. The molecule has 114 valence electrons. The molecule has 0 radical (unpaired) electrons. The Morgan fingerprint density at radius 1 is 1.24 bits per heavy atom. The van der Waals surface area contributed by atoms with Crippen molar-refractivity contribution in [2.24, 2.45) is 7.05 Å². The standard InChI is InChI=1S/C17H25N3O/c1-4-18-16(10-11-17-19-12-13-20(17)3)14-6-8-15(9-7-14)21-5-2/h6-9,12-13,16,18H,4-5,10-11H2,1-3H3. The zero-order chi connectivity index (χ0) is 15.1. The number of benzene rings is 1. The molecule has 4 heteroatoms. The minimum Gasteiger partial charge on any atom is -0.494 e. The van der Waals surface area contributed by atoms with Gasteiger partial charge in [-0.25, -0.2) is 4.98 Å². The van der Waals surface area contributed by atoms with Gasteiger partial charge >= 0.3 is 0 Å². The maximum atomic E-state index is 5.50. The molecule has 1 aromatic carbocycles. The summed E-state index contributed by atoms with van der Waals surface area (Å²) in [5, 5.41) is 3.55. The molecular formula is C17H25N3O. The summed E-state index contributed by atoms with van der Waals surface area (Å²) in [5.41, 5.74) is 1.30. The fourth-order valence-corrected chi connectivity index (χ4v) is 2.51. The summed E-state index contributed by atoms with van der Waals surface area (Å²) in [7, 11) is 2.04. The first-order valence-corrected chi connectivity index (χ1v) is 7.67. The minimum absolute atomic E-state index is 0.349. The molecule has 1 N–H and O–H groups in total. The molecule has 2 aromatic rings. The summed E-state index contributed by atoms with van der Waals surface area (Å²) in [4.78, 5) is 4.40. The van der Waals surface area contributed by atoms with Crippen LogP contribution in [0.25, 0.3) is 0 Å². The highest BCUT2D eigenvalue weighted by Gasteiger charge is 2.12. The number of imidazole rings is 1. The molecule has 1 aromatic heterocycles. The lowest BCUT2D eigenvalue weighted by molar-refractivity contribution is 0.340. The van der Waals surface area contributed by atoms with E-state index in [9.17, 15) is 0 Å². The summed E-state index contributed by atoms with van der Waals surface area (Å²) in [6, 6.07) is 8.74. The number of nitrogens with zero attached hydrogens (tertiary/aromatic N) is 2. The van der Waals surface area contributed by atoms with Crippen LogP contribution in [0.2, 0.25) is 0 Å². The van der Waals surface area contributed by atoms with Gasteiger partial charge in [-0.05, 0) is 37.6 Å². The molecule has 1 heterocycles. The van der Waals surface area contributed by atoms with Gasteiger partial charge in [0.25, 0.3) is 0 Å². The molecule has 1 atom stereocenters. The summed E-state index contributed by atoms with van der Waals surface area (Å²) in [5.74, 6) is 2.06. The van der Waals surface area contributed by atoms with Crippen LogP contribution in [-0.4, -0.2) is 22.7 Å². The number of aromatic nitrogens is 2. The van der Waals surface area contributed by atoms with Crippen LogP contribution in [0.1, 0.15) is 37.7 Å². The largest absolute Gasteiger partial charge is 0.494 e. The van der Waals surface area contributed by atoms with Crippen LogP contribution >= 0.6 is 0 Å². The van der Waals surface area contributed by atoms with E-state index in [2.05, 4.69) is 33.9 Å². The SMILES string of the molecule is CCNC(CCc1nccn1C)c1ccc(OCC)cc1. The zero-order valence-electron chi connectivity index (χ0n) is 13.2. The van der Waals surface area contributed by atoms with Crippen molar-refractivity contribution in [3.63, 3.8) is 0 Å². The van der Waals surface area contributed by atoms with Gasteiger partial charge in [0.1, 0.15) is 11.6 Å². The second-order valence-electron chi connectivity index (χ2n) is 5.11. The molecule has 1 unspecified atom stereocenters. The van der Waals surface area contributed by atoms with Crippen molar-refractivity contribution in [1.82, 2.24) is 14.9 Å². The van der Waals surface area contributed by atoms with E-state index in [0.29, 0.717) is 12.6 Å². The van der Waals surface area contributed by atoms with Gasteiger partial charge in [0.05, 0.1) is 6.61 Å². The second-order valence-corrected chi connectivity index (χ2v) is 5.11. The predicted octanol–water partition coefficient (Wildman–Crippen LogP) is 3.10. The number of aryl methyl sites for hydroxylation is 2. The molecule has 0 bridgehead atoms. The summed E-state index contributed by atoms with van der Waals surface area (Å²) < 4.78 is 7.59. The molecule has 4 nitrogen and oxygen atoms in total. The van der Waals surface area contributed by atoms with E-state index in [4.69, 9.17) is 4.74 Å². The third-order valence-electron chi connectivity index (χ3n) is 3.62. The van der Waals surface area contributed by atoms with Crippen molar-refractivity contribution >= 4 is 0 Å². The van der Waals surface area contributed by atoms with Crippen molar-refractivity contribution in [2.45, 2.75) is 32.7 Å². The van der Waals surface area contributed by atoms with Crippen LogP contribution < -0.4 is 10.1 Å². The molecule has 2 rings (SSSR count). The highest BCUT2D eigenvalue weighted by molar-refractivity contribution is 5.29. The highest BCUT2D eigenvalue weighted by Crippen LogP contribution is 2.21. The minimum atomic E-state index is 0.349. The van der Waals surface area contributed by atoms with Crippen LogP contribution in [0.4, 0.5) is 0 Å². The van der Waals surface area contributed by atoms with E-state index >= 15 is 0 Å². The molecular weight excluding hydrogens is 262 g/mol. The smallest absolute Gasteiger partial charge is 0.119 e. The Bertz CT molecular complexity index is 533. The third-order valence-corrected chi connectivity index (χ3v) is 3.62. The van der Waals surface area contributed by atoms with Gasteiger partial charge in [0.2, 0.25) is 0 Å². The van der Waals surface area contributed by atoms with E-state index in [1.165, 1.54) is 5.56 Å². The highest BCUT2D eigenvalue weighted by atomic mass is 16.5. The first-order valence-electron chi connectivity index (χ1n) is 7.67. The molecule has 0 aliphatic rings. The van der Waals surface area contributed by atoms with Crippen LogP contribution in [0.15, 0.2) is 36.7 Å². The molecule has 0 saturated heterocycles. The Balaban J connectivity index is 2.02. The molecule has 0 amide bonds. The van der Waals surface area contributed by atoms with Crippen molar-refractivity contribution in [3.05, 3.63) is 48.0 Å². The van der Waals surface area contributed by atoms with Crippen LogP contribution in [0, 0.1) is 0 Å². The molecule has 0 fully saturated rings. The number of ether oxygens (including phenoxy) is 1. The van der Waals surface area contributed by atoms with E-state index in [1.54, 1.807) is 0 Å². The third kappa shape index (κ3) is 4.33. The van der Waals surface area contributed by atoms with Gasteiger partial charge in [-0.15, -0.1) is 0 Å². The van der Waals surface area contributed by atoms with E-state index in [0.717, 1.165) is 31.0 Å². The number of nitrogens with one attached hydrogen (secondary N) is 1. The average molecular weight is 287 g/mol. The molecule has 0 spiro atoms. The van der Waals surface area contributed by atoms with Gasteiger partial charge in [0, 0.05) is 31.9 Å². The van der Waals surface area contributed by atoms with Crippen molar-refractivity contribution < 1.29 is 4.74 Å². The Hall–Kier alpha value is -1.81. The van der Waals surface area contributed by atoms with Gasteiger partial charge < -0.3 is 14.6 Å². The van der Waals surface area contributed by atoms with Gasteiger partial charge in [-0.2, -0.15) is 0 Å². The summed E-state index contributed by atoms with van der Waals surface area (Å²) in [6.45, 7) is 5.80. The van der Waals surface area contributed by atoms with Crippen LogP contribution in [-0.2, 0) is 13.5 Å². The van der Waals surface area contributed by atoms with E-state index in [-0.39, 0.29) is 0 Å². The average Bonchev–Trinajstić information content (AvgIpc) is 2.90. The second kappa shape index (κ2) is 7.84. The quantitative estimate of drug-likeness (QED) is 0.811. The van der Waals surface area contributed by atoms with E-state index in [1.807, 2.05) is 38.5 Å². The van der Waals surface area contributed by atoms with Gasteiger partial charge in [0.15, 0.2) is 0 Å². The number of hydrogen-bond donors (Lipinski definition) is 1. The van der Waals surface area contributed by atoms with Crippen molar-refractivity contribution in [3.8, 4) is 5.75 Å². The van der Waals surface area contributed by atoms with E-state index < -0.39 is 0 Å². The maximum absolute atomic E-state index is 5.50. The molecule has 0 aliphatic heterocycles. The lowest BCUT2D eigenvalue weighted by Crippen LogP contribution is -2.21. The van der Waals surface area contributed by atoms with Crippen molar-refractivity contribution in [1.29, 1.82) is 0 Å². The molecule has 0 saturated carbocycles. The van der Waals surface area contributed by atoms with Crippen LogP contribution in [0.5, 0.6) is 5.75 Å². The Morgan fingerprint density at radius 2 is 2.00 bits per heavy atom. The lowest BCUT2D eigenvalue weighted by Gasteiger charge is -2.18.